The summed E-state index contributed by atoms with van der Waals surface area (Å²) in [6.07, 6.45) is -4.59. The Balaban J connectivity index is 2.16. The summed E-state index contributed by atoms with van der Waals surface area (Å²) in [6, 6.07) is 10.8. The molecule has 6 heteroatoms. The molecule has 0 radical (unpaired) electrons. The van der Waals surface area contributed by atoms with Gasteiger partial charge in [-0.3, -0.25) is 0 Å². The number of nitrogens with zero attached hydrogens (tertiary/aromatic N) is 1. The number of alkyl halides is 3. The van der Waals surface area contributed by atoms with Crippen LogP contribution in [0.25, 0.3) is 0 Å². The van der Waals surface area contributed by atoms with Crippen LogP contribution >= 0.6 is 0 Å². The number of halogens is 4. The molecule has 0 aliphatic rings. The van der Waals surface area contributed by atoms with Crippen molar-refractivity contribution in [2.75, 3.05) is 5.32 Å². The first kappa shape index (κ1) is 14.9. The van der Waals surface area contributed by atoms with E-state index in [4.69, 9.17) is 5.26 Å². The molecule has 0 bridgehead atoms. The quantitative estimate of drug-likeness (QED) is 0.855. The van der Waals surface area contributed by atoms with Gasteiger partial charge in [0.1, 0.15) is 5.82 Å². The zero-order chi connectivity index (χ0) is 15.5. The molecule has 0 saturated heterocycles. The van der Waals surface area contributed by atoms with Gasteiger partial charge < -0.3 is 5.32 Å². The monoisotopic (exact) mass is 294 g/mol. The van der Waals surface area contributed by atoms with Gasteiger partial charge in [-0.05, 0) is 42.0 Å². The molecule has 0 atom stereocenters. The van der Waals surface area contributed by atoms with E-state index in [9.17, 15) is 17.6 Å². The Kier molecular flexibility index (Phi) is 4.13. The second-order valence-electron chi connectivity index (χ2n) is 4.39. The highest BCUT2D eigenvalue weighted by molar-refractivity contribution is 5.49. The number of nitrogens with one attached hydrogen (secondary N) is 1. The Morgan fingerprint density at radius 3 is 2.52 bits per heavy atom. The normalized spacial score (nSPS) is 11.0. The number of hydrogen-bond acceptors (Lipinski definition) is 2. The van der Waals surface area contributed by atoms with E-state index in [0.29, 0.717) is 17.3 Å². The number of anilines is 1. The SMILES string of the molecule is N#Cc1cccc(NCc2cc(F)cc(C(F)(F)F)c2)c1. The first-order valence-corrected chi connectivity index (χ1v) is 5.99. The van der Waals surface area contributed by atoms with Gasteiger partial charge >= 0.3 is 6.18 Å². The molecule has 0 unspecified atom stereocenters. The third-order valence-electron chi connectivity index (χ3n) is 2.77. The standard InChI is InChI=1S/C15H10F4N2/c16-13-5-11(4-12(7-13)15(17,18)19)9-21-14-3-1-2-10(6-14)8-20/h1-7,21H,9H2. The number of rotatable bonds is 3. The fourth-order valence-corrected chi connectivity index (χ4v) is 1.82. The lowest BCUT2D eigenvalue weighted by Gasteiger charge is -2.11. The smallest absolute Gasteiger partial charge is 0.381 e. The van der Waals surface area contributed by atoms with Crippen LogP contribution in [0.15, 0.2) is 42.5 Å². The van der Waals surface area contributed by atoms with Crippen molar-refractivity contribution < 1.29 is 17.6 Å². The average molecular weight is 294 g/mol. The third-order valence-corrected chi connectivity index (χ3v) is 2.77. The molecule has 0 saturated carbocycles. The molecule has 2 aromatic rings. The summed E-state index contributed by atoms with van der Waals surface area (Å²) in [6.45, 7) is 0.0235. The van der Waals surface area contributed by atoms with Crippen molar-refractivity contribution in [3.63, 3.8) is 0 Å². The van der Waals surface area contributed by atoms with Gasteiger partial charge in [-0.25, -0.2) is 4.39 Å². The molecule has 0 amide bonds. The Labute approximate surface area is 118 Å². The molecule has 2 nitrogen and oxygen atoms in total. The third kappa shape index (κ3) is 3.96. The summed E-state index contributed by atoms with van der Waals surface area (Å²) in [5, 5.41) is 11.6. The van der Waals surface area contributed by atoms with E-state index in [1.807, 2.05) is 6.07 Å². The largest absolute Gasteiger partial charge is 0.416 e. The van der Waals surface area contributed by atoms with Crippen molar-refractivity contribution in [3.05, 3.63) is 65.0 Å². The summed E-state index contributed by atoms with van der Waals surface area (Å²) in [5.74, 6) is -0.938. The van der Waals surface area contributed by atoms with Crippen LogP contribution in [-0.2, 0) is 12.7 Å². The molecular formula is C15H10F4N2. The van der Waals surface area contributed by atoms with Crippen molar-refractivity contribution in [1.82, 2.24) is 0 Å². The van der Waals surface area contributed by atoms with Gasteiger partial charge in [-0.15, -0.1) is 0 Å². The minimum absolute atomic E-state index is 0.0235. The fraction of sp³-hybridized carbons (Fsp3) is 0.133. The molecule has 0 aromatic heterocycles. The van der Waals surface area contributed by atoms with E-state index in [1.165, 1.54) is 0 Å². The molecule has 1 N–H and O–H groups in total. The highest BCUT2D eigenvalue weighted by atomic mass is 19.4. The Morgan fingerprint density at radius 1 is 1.10 bits per heavy atom. The molecule has 2 rings (SSSR count). The van der Waals surface area contributed by atoms with E-state index >= 15 is 0 Å². The van der Waals surface area contributed by atoms with Crippen molar-refractivity contribution in [3.8, 4) is 6.07 Å². The van der Waals surface area contributed by atoms with Crippen LogP contribution in [0.5, 0.6) is 0 Å². The van der Waals surface area contributed by atoms with Crippen molar-refractivity contribution in [1.29, 1.82) is 5.26 Å². The van der Waals surface area contributed by atoms with Crippen LogP contribution in [0.2, 0.25) is 0 Å². The minimum atomic E-state index is -4.59. The topological polar surface area (TPSA) is 35.8 Å². The van der Waals surface area contributed by atoms with Gasteiger partial charge in [0.2, 0.25) is 0 Å². The summed E-state index contributed by atoms with van der Waals surface area (Å²) in [4.78, 5) is 0. The zero-order valence-electron chi connectivity index (χ0n) is 10.7. The van der Waals surface area contributed by atoms with E-state index in [2.05, 4.69) is 5.32 Å². The predicted octanol–water partition coefficient (Wildman–Crippen LogP) is 4.33. The molecule has 2 aromatic carbocycles. The van der Waals surface area contributed by atoms with Gasteiger partial charge in [0.05, 0.1) is 17.2 Å². The van der Waals surface area contributed by atoms with Crippen LogP contribution in [0.3, 0.4) is 0 Å². The second-order valence-corrected chi connectivity index (χ2v) is 4.39. The Hall–Kier alpha value is -2.55. The molecule has 108 valence electrons. The van der Waals surface area contributed by atoms with Gasteiger partial charge in [-0.2, -0.15) is 18.4 Å². The summed E-state index contributed by atoms with van der Waals surface area (Å²) >= 11 is 0. The van der Waals surface area contributed by atoms with Gasteiger partial charge in [0, 0.05) is 12.2 Å². The lowest BCUT2D eigenvalue weighted by Crippen LogP contribution is -2.08. The first-order valence-electron chi connectivity index (χ1n) is 5.99. The highest BCUT2D eigenvalue weighted by Gasteiger charge is 2.31. The van der Waals surface area contributed by atoms with E-state index in [-0.39, 0.29) is 12.1 Å². The molecule has 0 aliphatic carbocycles. The zero-order valence-corrected chi connectivity index (χ0v) is 10.7. The predicted molar refractivity (Wildman–Crippen MR) is 69.9 cm³/mol. The maximum Gasteiger partial charge on any atom is 0.416 e. The summed E-state index contributed by atoms with van der Waals surface area (Å²) < 4.78 is 51.0. The number of hydrogen-bond donors (Lipinski definition) is 1. The van der Waals surface area contributed by atoms with Crippen LogP contribution in [0, 0.1) is 17.1 Å². The van der Waals surface area contributed by atoms with Crippen LogP contribution in [-0.4, -0.2) is 0 Å². The number of benzene rings is 2. The van der Waals surface area contributed by atoms with Gasteiger partial charge in [0.15, 0.2) is 0 Å². The number of nitriles is 1. The Bertz CT molecular complexity index is 687. The van der Waals surface area contributed by atoms with Crippen molar-refractivity contribution in [2.24, 2.45) is 0 Å². The van der Waals surface area contributed by atoms with Crippen LogP contribution < -0.4 is 5.32 Å². The van der Waals surface area contributed by atoms with Crippen molar-refractivity contribution in [2.45, 2.75) is 12.7 Å². The van der Waals surface area contributed by atoms with Crippen LogP contribution in [0.4, 0.5) is 23.2 Å². The fourth-order valence-electron chi connectivity index (χ4n) is 1.82. The molecular weight excluding hydrogens is 284 g/mol. The molecule has 21 heavy (non-hydrogen) atoms. The van der Waals surface area contributed by atoms with Gasteiger partial charge in [0.25, 0.3) is 0 Å². The molecule has 0 aliphatic heterocycles. The van der Waals surface area contributed by atoms with E-state index in [1.54, 1.807) is 24.3 Å². The van der Waals surface area contributed by atoms with Gasteiger partial charge in [-0.1, -0.05) is 6.07 Å². The lowest BCUT2D eigenvalue weighted by atomic mass is 10.1. The molecule has 0 spiro atoms. The summed E-state index contributed by atoms with van der Waals surface area (Å²) in [5.41, 5.74) is 0.150. The maximum absolute atomic E-state index is 13.2. The first-order chi connectivity index (χ1) is 9.88. The molecule has 0 fully saturated rings. The maximum atomic E-state index is 13.2. The highest BCUT2D eigenvalue weighted by Crippen LogP contribution is 2.30. The summed E-state index contributed by atoms with van der Waals surface area (Å²) in [7, 11) is 0. The van der Waals surface area contributed by atoms with Crippen molar-refractivity contribution >= 4 is 5.69 Å². The minimum Gasteiger partial charge on any atom is -0.381 e. The van der Waals surface area contributed by atoms with Crippen LogP contribution in [0.1, 0.15) is 16.7 Å². The lowest BCUT2D eigenvalue weighted by molar-refractivity contribution is -0.137. The molecule has 0 heterocycles. The van der Waals surface area contributed by atoms with E-state index in [0.717, 1.165) is 12.1 Å². The average Bonchev–Trinajstić information content (AvgIpc) is 2.44. The van der Waals surface area contributed by atoms with E-state index < -0.39 is 17.6 Å². The Morgan fingerprint density at radius 2 is 1.86 bits per heavy atom. The second kappa shape index (κ2) is 5.83.